The third-order valence-electron chi connectivity index (χ3n) is 1.59. The van der Waals surface area contributed by atoms with E-state index in [2.05, 4.69) is 21.2 Å². The van der Waals surface area contributed by atoms with Crippen LogP contribution < -0.4 is 5.32 Å². The summed E-state index contributed by atoms with van der Waals surface area (Å²) in [6.07, 6.45) is 9.07. The lowest BCUT2D eigenvalue weighted by Crippen LogP contribution is -2.16. The number of terminal acetylenes is 1. The fourth-order valence-electron chi connectivity index (χ4n) is 0.845. The van der Waals surface area contributed by atoms with Crippen LogP contribution in [0, 0.1) is 12.3 Å². The summed E-state index contributed by atoms with van der Waals surface area (Å²) in [4.78, 5) is 7.73. The Morgan fingerprint density at radius 1 is 1.77 bits per heavy atom. The fraction of sp³-hybridized carbons (Fsp3) is 0.333. The van der Waals surface area contributed by atoms with Gasteiger partial charge in [-0.05, 0) is 6.42 Å². The minimum atomic E-state index is -0.0348. The van der Waals surface area contributed by atoms with Crippen LogP contribution in [0.5, 0.6) is 0 Å². The van der Waals surface area contributed by atoms with Gasteiger partial charge in [-0.25, -0.2) is 9.97 Å². The molecular weight excluding hydrogens is 186 g/mol. The van der Waals surface area contributed by atoms with Crippen molar-refractivity contribution in [3.8, 4) is 12.3 Å². The van der Waals surface area contributed by atoms with E-state index in [1.165, 1.54) is 12.5 Å². The Hall–Kier alpha value is -1.27. The minimum Gasteiger partial charge on any atom is -0.355 e. The van der Waals surface area contributed by atoms with Crippen LogP contribution in [0.2, 0.25) is 5.02 Å². The van der Waals surface area contributed by atoms with Gasteiger partial charge in [-0.15, -0.1) is 6.42 Å². The summed E-state index contributed by atoms with van der Waals surface area (Å²) in [6.45, 7) is 1.99. The zero-order valence-corrected chi connectivity index (χ0v) is 8.04. The van der Waals surface area contributed by atoms with Crippen LogP contribution in [-0.2, 0) is 0 Å². The van der Waals surface area contributed by atoms with E-state index < -0.39 is 0 Å². The summed E-state index contributed by atoms with van der Waals surface area (Å²) < 4.78 is 0. The third-order valence-corrected chi connectivity index (χ3v) is 1.86. The molecule has 1 heterocycles. The van der Waals surface area contributed by atoms with Crippen LogP contribution in [-0.4, -0.2) is 16.0 Å². The van der Waals surface area contributed by atoms with Crippen molar-refractivity contribution in [1.82, 2.24) is 9.97 Å². The number of aromatic nitrogens is 2. The molecule has 13 heavy (non-hydrogen) atoms. The van der Waals surface area contributed by atoms with E-state index in [4.69, 9.17) is 18.0 Å². The Labute approximate surface area is 82.5 Å². The molecule has 1 unspecified atom stereocenters. The molecule has 1 aromatic rings. The second-order valence-electron chi connectivity index (χ2n) is 2.49. The van der Waals surface area contributed by atoms with Gasteiger partial charge in [0.05, 0.1) is 12.2 Å². The second kappa shape index (κ2) is 4.68. The van der Waals surface area contributed by atoms with Gasteiger partial charge in [-0.2, -0.15) is 0 Å². The maximum absolute atomic E-state index is 5.83. The molecule has 0 saturated heterocycles. The number of anilines is 1. The van der Waals surface area contributed by atoms with Crippen LogP contribution in [0.3, 0.4) is 0 Å². The number of hydrogen-bond acceptors (Lipinski definition) is 3. The number of hydrogen-bond donors (Lipinski definition) is 1. The van der Waals surface area contributed by atoms with Crippen LogP contribution in [0.25, 0.3) is 0 Å². The Morgan fingerprint density at radius 2 is 2.54 bits per heavy atom. The molecule has 1 atom stereocenters. The zero-order valence-electron chi connectivity index (χ0n) is 7.29. The fourth-order valence-corrected chi connectivity index (χ4v) is 1.01. The maximum atomic E-state index is 5.83. The molecule has 0 bridgehead atoms. The summed E-state index contributed by atoms with van der Waals surface area (Å²) in [5, 5.41) is 3.51. The van der Waals surface area contributed by atoms with Crippen molar-refractivity contribution in [2.24, 2.45) is 0 Å². The minimum absolute atomic E-state index is 0.0348. The summed E-state index contributed by atoms with van der Waals surface area (Å²) in [6, 6.07) is -0.0348. The van der Waals surface area contributed by atoms with E-state index in [0.29, 0.717) is 10.8 Å². The molecule has 4 heteroatoms. The van der Waals surface area contributed by atoms with Gasteiger partial charge in [-0.3, -0.25) is 0 Å². The van der Waals surface area contributed by atoms with E-state index in [1.54, 1.807) is 0 Å². The zero-order chi connectivity index (χ0) is 9.68. The van der Waals surface area contributed by atoms with Crippen molar-refractivity contribution in [2.75, 3.05) is 5.32 Å². The van der Waals surface area contributed by atoms with Gasteiger partial charge in [0.15, 0.2) is 0 Å². The van der Waals surface area contributed by atoms with Crippen molar-refractivity contribution in [3.63, 3.8) is 0 Å². The number of nitrogens with one attached hydrogen (secondary N) is 1. The van der Waals surface area contributed by atoms with Gasteiger partial charge in [0, 0.05) is 0 Å². The Kier molecular flexibility index (Phi) is 3.53. The first-order valence-electron chi connectivity index (χ1n) is 3.96. The van der Waals surface area contributed by atoms with Crippen LogP contribution in [0.15, 0.2) is 12.5 Å². The Bertz CT molecular complexity index is 319. The molecule has 68 valence electrons. The van der Waals surface area contributed by atoms with Crippen molar-refractivity contribution in [3.05, 3.63) is 17.5 Å². The lowest BCUT2D eigenvalue weighted by atomic mass is 10.2. The Balaban J connectivity index is 2.74. The molecule has 0 radical (unpaired) electrons. The standard InChI is InChI=1S/C9H10ClN3/c1-3-7(4-2)13-9-8(10)5-11-6-12-9/h1,5-7H,4H2,2H3,(H,11,12,13). The first kappa shape index (κ1) is 9.82. The Morgan fingerprint density at radius 3 is 3.08 bits per heavy atom. The van der Waals surface area contributed by atoms with E-state index in [0.717, 1.165) is 6.42 Å². The van der Waals surface area contributed by atoms with E-state index in [1.807, 2.05) is 6.92 Å². The first-order valence-corrected chi connectivity index (χ1v) is 4.34. The quantitative estimate of drug-likeness (QED) is 0.750. The van der Waals surface area contributed by atoms with Crippen LogP contribution in [0.1, 0.15) is 13.3 Å². The van der Waals surface area contributed by atoms with Crippen molar-refractivity contribution >= 4 is 17.4 Å². The summed E-state index contributed by atoms with van der Waals surface area (Å²) in [5.74, 6) is 3.18. The van der Waals surface area contributed by atoms with Gasteiger partial charge < -0.3 is 5.32 Å². The second-order valence-corrected chi connectivity index (χ2v) is 2.90. The molecule has 0 aliphatic carbocycles. The van der Waals surface area contributed by atoms with E-state index >= 15 is 0 Å². The number of nitrogens with zero attached hydrogens (tertiary/aromatic N) is 2. The van der Waals surface area contributed by atoms with E-state index in [-0.39, 0.29) is 6.04 Å². The molecule has 0 aromatic carbocycles. The molecule has 0 aliphatic heterocycles. The highest BCUT2D eigenvalue weighted by Gasteiger charge is 2.05. The highest BCUT2D eigenvalue weighted by molar-refractivity contribution is 6.32. The van der Waals surface area contributed by atoms with Gasteiger partial charge in [0.2, 0.25) is 0 Å². The summed E-state index contributed by atoms with van der Waals surface area (Å²) in [7, 11) is 0. The van der Waals surface area contributed by atoms with Crippen molar-refractivity contribution in [1.29, 1.82) is 0 Å². The average Bonchev–Trinajstić information content (AvgIpc) is 2.17. The molecule has 1 aromatic heterocycles. The monoisotopic (exact) mass is 195 g/mol. The molecule has 0 amide bonds. The van der Waals surface area contributed by atoms with Gasteiger partial charge in [0.1, 0.15) is 17.2 Å². The molecule has 0 spiro atoms. The molecule has 1 rings (SSSR count). The topological polar surface area (TPSA) is 37.8 Å². The van der Waals surface area contributed by atoms with Crippen molar-refractivity contribution in [2.45, 2.75) is 19.4 Å². The smallest absolute Gasteiger partial charge is 0.149 e. The first-order chi connectivity index (χ1) is 6.27. The molecule has 0 fully saturated rings. The van der Waals surface area contributed by atoms with Crippen LogP contribution in [0.4, 0.5) is 5.82 Å². The highest BCUT2D eigenvalue weighted by Crippen LogP contribution is 2.17. The number of halogens is 1. The molecule has 3 nitrogen and oxygen atoms in total. The highest BCUT2D eigenvalue weighted by atomic mass is 35.5. The molecule has 0 saturated carbocycles. The molecular formula is C9H10ClN3. The maximum Gasteiger partial charge on any atom is 0.149 e. The lowest BCUT2D eigenvalue weighted by molar-refractivity contribution is 0.849. The van der Waals surface area contributed by atoms with Gasteiger partial charge in [0.25, 0.3) is 0 Å². The summed E-state index contributed by atoms with van der Waals surface area (Å²) >= 11 is 5.83. The van der Waals surface area contributed by atoms with Crippen molar-refractivity contribution < 1.29 is 0 Å². The predicted octanol–water partition coefficient (Wildman–Crippen LogP) is 1.95. The summed E-state index contributed by atoms with van der Waals surface area (Å²) in [5.41, 5.74) is 0. The normalized spacial score (nSPS) is 11.8. The van der Waals surface area contributed by atoms with Gasteiger partial charge in [-0.1, -0.05) is 24.4 Å². The SMILES string of the molecule is C#CC(CC)Nc1ncncc1Cl. The molecule has 1 N–H and O–H groups in total. The third kappa shape index (κ3) is 2.60. The predicted molar refractivity (Wildman–Crippen MR) is 53.6 cm³/mol. The lowest BCUT2D eigenvalue weighted by Gasteiger charge is -2.11. The van der Waals surface area contributed by atoms with Gasteiger partial charge >= 0.3 is 0 Å². The molecule has 0 aliphatic rings. The van der Waals surface area contributed by atoms with Crippen LogP contribution >= 0.6 is 11.6 Å². The van der Waals surface area contributed by atoms with E-state index in [9.17, 15) is 0 Å². The largest absolute Gasteiger partial charge is 0.355 e. The number of rotatable bonds is 3. The average molecular weight is 196 g/mol.